The third kappa shape index (κ3) is 4.49. The number of urea groups is 1. The highest BCUT2D eigenvalue weighted by Gasteiger charge is 2.13. The van der Waals surface area contributed by atoms with Crippen LogP contribution in [0.5, 0.6) is 0 Å². The van der Waals surface area contributed by atoms with Crippen LogP contribution >= 0.6 is 11.3 Å². The number of hydrogen-bond acceptors (Lipinski definition) is 3. The Kier molecular flexibility index (Phi) is 5.09. The van der Waals surface area contributed by atoms with Crippen molar-refractivity contribution in [2.45, 2.75) is 33.1 Å². The van der Waals surface area contributed by atoms with Gasteiger partial charge in [0.25, 0.3) is 0 Å². The summed E-state index contributed by atoms with van der Waals surface area (Å²) in [6.45, 7) is 8.48. The molecule has 26 heavy (non-hydrogen) atoms. The second kappa shape index (κ2) is 7.30. The first kappa shape index (κ1) is 18.1. The van der Waals surface area contributed by atoms with Crippen LogP contribution < -0.4 is 10.6 Å². The van der Waals surface area contributed by atoms with Crippen molar-refractivity contribution in [3.8, 4) is 11.3 Å². The van der Waals surface area contributed by atoms with Crippen LogP contribution in [0.2, 0.25) is 0 Å². The van der Waals surface area contributed by atoms with E-state index in [9.17, 15) is 4.79 Å². The third-order valence-electron chi connectivity index (χ3n) is 4.04. The lowest BCUT2D eigenvalue weighted by molar-refractivity contribution is 0.262. The number of amides is 2. The molecule has 0 fully saturated rings. The van der Waals surface area contributed by atoms with Gasteiger partial charge < -0.3 is 10.6 Å². The topological polar surface area (TPSA) is 54.0 Å². The van der Waals surface area contributed by atoms with Crippen LogP contribution in [0, 0.1) is 6.92 Å². The van der Waals surface area contributed by atoms with Crippen LogP contribution in [0.1, 0.15) is 31.3 Å². The van der Waals surface area contributed by atoms with Crippen molar-refractivity contribution < 1.29 is 4.79 Å². The predicted molar refractivity (Wildman–Crippen MR) is 110 cm³/mol. The van der Waals surface area contributed by atoms with Crippen LogP contribution in [0.15, 0.2) is 53.9 Å². The van der Waals surface area contributed by atoms with Crippen LogP contribution in [0.4, 0.5) is 16.2 Å². The highest BCUT2D eigenvalue weighted by molar-refractivity contribution is 7.09. The van der Waals surface area contributed by atoms with E-state index in [1.165, 1.54) is 5.56 Å². The van der Waals surface area contributed by atoms with E-state index in [4.69, 9.17) is 0 Å². The second-order valence-electron chi connectivity index (χ2n) is 7.24. The molecule has 0 atom stereocenters. The zero-order valence-corrected chi connectivity index (χ0v) is 16.3. The maximum absolute atomic E-state index is 12.3. The first-order valence-corrected chi connectivity index (χ1v) is 9.40. The van der Waals surface area contributed by atoms with Gasteiger partial charge in [-0.05, 0) is 42.2 Å². The van der Waals surface area contributed by atoms with Crippen molar-refractivity contribution in [3.05, 3.63) is 64.5 Å². The Hall–Kier alpha value is -2.66. The monoisotopic (exact) mass is 365 g/mol. The lowest BCUT2D eigenvalue weighted by atomic mass is 9.87. The van der Waals surface area contributed by atoms with Crippen LogP contribution in [-0.2, 0) is 5.41 Å². The molecule has 0 aliphatic carbocycles. The van der Waals surface area contributed by atoms with E-state index >= 15 is 0 Å². The standard InChI is InChI=1S/C21H23N3OS/c1-14-22-19(13-26-14)15-6-5-7-18(12-15)24-20(25)23-17-10-8-16(9-11-17)21(2,3)4/h5-13H,1-4H3,(H2,23,24,25). The smallest absolute Gasteiger partial charge is 0.308 e. The average Bonchev–Trinajstić information content (AvgIpc) is 3.01. The molecule has 2 amide bonds. The van der Waals surface area contributed by atoms with Gasteiger partial charge >= 0.3 is 6.03 Å². The SMILES string of the molecule is Cc1nc(-c2cccc(NC(=O)Nc3ccc(C(C)(C)C)cc3)c2)cs1. The summed E-state index contributed by atoms with van der Waals surface area (Å²) in [4.78, 5) is 16.8. The molecule has 2 N–H and O–H groups in total. The molecule has 0 aliphatic rings. The van der Waals surface area contributed by atoms with Gasteiger partial charge in [-0.3, -0.25) is 0 Å². The van der Waals surface area contributed by atoms with Crippen LogP contribution in [0.3, 0.4) is 0 Å². The minimum Gasteiger partial charge on any atom is -0.308 e. The maximum Gasteiger partial charge on any atom is 0.323 e. The average molecular weight is 366 g/mol. The first-order valence-electron chi connectivity index (χ1n) is 8.52. The summed E-state index contributed by atoms with van der Waals surface area (Å²) in [7, 11) is 0. The molecule has 0 aliphatic heterocycles. The van der Waals surface area contributed by atoms with Gasteiger partial charge in [0.1, 0.15) is 0 Å². The van der Waals surface area contributed by atoms with Gasteiger partial charge in [0.15, 0.2) is 0 Å². The van der Waals surface area contributed by atoms with Crippen LogP contribution in [0.25, 0.3) is 11.3 Å². The van der Waals surface area contributed by atoms with E-state index in [0.29, 0.717) is 0 Å². The summed E-state index contributed by atoms with van der Waals surface area (Å²) in [5, 5.41) is 8.79. The van der Waals surface area contributed by atoms with Crippen LogP contribution in [-0.4, -0.2) is 11.0 Å². The first-order chi connectivity index (χ1) is 12.3. The molecule has 5 heteroatoms. The highest BCUT2D eigenvalue weighted by atomic mass is 32.1. The van der Waals surface area contributed by atoms with E-state index in [2.05, 4.69) is 36.4 Å². The Morgan fingerprint density at radius 2 is 1.69 bits per heavy atom. The molecule has 3 rings (SSSR count). The van der Waals surface area contributed by atoms with Gasteiger partial charge in [0.05, 0.1) is 10.7 Å². The summed E-state index contributed by atoms with van der Waals surface area (Å²) >= 11 is 1.61. The number of carbonyl (C=O) groups is 1. The van der Waals surface area contributed by atoms with E-state index < -0.39 is 0 Å². The molecule has 3 aromatic rings. The Morgan fingerprint density at radius 1 is 1.00 bits per heavy atom. The van der Waals surface area contributed by atoms with Crippen molar-refractivity contribution >= 4 is 28.7 Å². The third-order valence-corrected chi connectivity index (χ3v) is 4.82. The molecule has 0 unspecified atom stereocenters. The summed E-state index contributed by atoms with van der Waals surface area (Å²) in [6, 6.07) is 15.4. The van der Waals surface area contributed by atoms with Gasteiger partial charge in [-0.1, -0.05) is 45.0 Å². The molecule has 134 valence electrons. The van der Waals surface area contributed by atoms with E-state index in [0.717, 1.165) is 27.6 Å². The lowest BCUT2D eigenvalue weighted by Gasteiger charge is -2.19. The fourth-order valence-electron chi connectivity index (χ4n) is 2.60. The largest absolute Gasteiger partial charge is 0.323 e. The molecule has 0 radical (unpaired) electrons. The molecule has 1 aromatic heterocycles. The molecule has 2 aromatic carbocycles. The number of benzene rings is 2. The summed E-state index contributed by atoms with van der Waals surface area (Å²) < 4.78 is 0. The molecule has 1 heterocycles. The van der Waals surface area contributed by atoms with Crippen molar-refractivity contribution in [1.82, 2.24) is 4.98 Å². The quantitative estimate of drug-likeness (QED) is 0.593. The fraction of sp³-hybridized carbons (Fsp3) is 0.238. The maximum atomic E-state index is 12.3. The number of hydrogen-bond donors (Lipinski definition) is 2. The fourth-order valence-corrected chi connectivity index (χ4v) is 3.22. The van der Waals surface area contributed by atoms with Crippen molar-refractivity contribution in [3.63, 3.8) is 0 Å². The Morgan fingerprint density at radius 3 is 2.31 bits per heavy atom. The minimum atomic E-state index is -0.264. The number of nitrogens with one attached hydrogen (secondary N) is 2. The highest BCUT2D eigenvalue weighted by Crippen LogP contribution is 2.25. The van der Waals surface area contributed by atoms with Crippen molar-refractivity contribution in [2.75, 3.05) is 10.6 Å². The van der Waals surface area contributed by atoms with Crippen molar-refractivity contribution in [2.24, 2.45) is 0 Å². The van der Waals surface area contributed by atoms with Gasteiger partial charge in [-0.15, -0.1) is 11.3 Å². The molecule has 0 spiro atoms. The Labute approximate surface area is 158 Å². The predicted octanol–water partition coefficient (Wildman–Crippen LogP) is 6.06. The number of nitrogens with zero attached hydrogens (tertiary/aromatic N) is 1. The number of aromatic nitrogens is 1. The molecule has 0 saturated heterocycles. The van der Waals surface area contributed by atoms with Gasteiger partial charge in [-0.25, -0.2) is 9.78 Å². The number of aryl methyl sites for hydroxylation is 1. The molecule has 4 nitrogen and oxygen atoms in total. The molecular weight excluding hydrogens is 342 g/mol. The molecule has 0 bridgehead atoms. The van der Waals surface area contributed by atoms with Gasteiger partial charge in [-0.2, -0.15) is 0 Å². The number of thiazole rings is 1. The van der Waals surface area contributed by atoms with E-state index in [1.807, 2.05) is 60.8 Å². The Bertz CT molecular complexity index is 908. The normalized spacial score (nSPS) is 11.2. The van der Waals surface area contributed by atoms with Gasteiger partial charge in [0.2, 0.25) is 0 Å². The zero-order chi connectivity index (χ0) is 18.7. The summed E-state index contributed by atoms with van der Waals surface area (Å²) in [5.74, 6) is 0. The molecular formula is C21H23N3OS. The zero-order valence-electron chi connectivity index (χ0n) is 15.5. The van der Waals surface area contributed by atoms with E-state index in [1.54, 1.807) is 11.3 Å². The minimum absolute atomic E-state index is 0.0925. The van der Waals surface area contributed by atoms with Gasteiger partial charge in [0, 0.05) is 22.3 Å². The molecule has 0 saturated carbocycles. The number of carbonyl (C=O) groups excluding carboxylic acids is 1. The number of anilines is 2. The Balaban J connectivity index is 1.67. The summed E-state index contributed by atoms with van der Waals surface area (Å²) in [6.07, 6.45) is 0. The second-order valence-corrected chi connectivity index (χ2v) is 8.30. The lowest BCUT2D eigenvalue weighted by Crippen LogP contribution is -2.19. The van der Waals surface area contributed by atoms with E-state index in [-0.39, 0.29) is 11.4 Å². The van der Waals surface area contributed by atoms with Crippen molar-refractivity contribution in [1.29, 1.82) is 0 Å². The summed E-state index contributed by atoms with van der Waals surface area (Å²) in [5.41, 5.74) is 4.74. The number of rotatable bonds is 3.